The molecule has 0 radical (unpaired) electrons. The van der Waals surface area contributed by atoms with Gasteiger partial charge in [0.2, 0.25) is 5.90 Å². The summed E-state index contributed by atoms with van der Waals surface area (Å²) in [5.74, 6) is -1.20. The molecule has 0 aromatic heterocycles. The zero-order valence-corrected chi connectivity index (χ0v) is 12.5. The molecule has 0 unspecified atom stereocenters. The van der Waals surface area contributed by atoms with Gasteiger partial charge in [0.1, 0.15) is 5.82 Å². The third-order valence-electron chi connectivity index (χ3n) is 2.97. The van der Waals surface area contributed by atoms with Crippen LogP contribution in [-0.2, 0) is 9.53 Å². The fourth-order valence-corrected chi connectivity index (χ4v) is 2.38. The molecule has 0 aliphatic carbocycles. The molecule has 3 rings (SSSR count). The molecular formula is C16H8Cl2FNO2. The predicted octanol–water partition coefficient (Wildman–Crippen LogP) is 4.48. The Balaban J connectivity index is 1.92. The molecule has 1 aliphatic heterocycles. The van der Waals surface area contributed by atoms with Crippen LogP contribution in [0.5, 0.6) is 0 Å². The van der Waals surface area contributed by atoms with Crippen molar-refractivity contribution in [1.29, 1.82) is 0 Å². The molecule has 1 heterocycles. The van der Waals surface area contributed by atoms with Gasteiger partial charge >= 0.3 is 5.91 Å². The Morgan fingerprint density at radius 3 is 2.64 bits per heavy atom. The number of hydrogen-bond acceptors (Lipinski definition) is 2. The maximum atomic E-state index is 13.7. The second-order valence-electron chi connectivity index (χ2n) is 4.48. The molecule has 1 amide bonds. The average Bonchev–Trinajstić information content (AvgIpc) is 2.83. The Labute approximate surface area is 135 Å². The van der Waals surface area contributed by atoms with Crippen molar-refractivity contribution in [3.8, 4) is 0 Å². The highest BCUT2D eigenvalue weighted by Crippen LogP contribution is 2.26. The first kappa shape index (κ1) is 14.8. The van der Waals surface area contributed by atoms with E-state index in [-0.39, 0.29) is 17.2 Å². The Kier molecular flexibility index (Phi) is 3.96. The molecule has 1 aliphatic rings. The van der Waals surface area contributed by atoms with Gasteiger partial charge in [0.15, 0.2) is 5.76 Å². The highest BCUT2D eigenvalue weighted by molar-refractivity contribution is 6.35. The predicted molar refractivity (Wildman–Crippen MR) is 83.5 cm³/mol. The van der Waals surface area contributed by atoms with Crippen LogP contribution in [0.25, 0.3) is 6.08 Å². The van der Waals surface area contributed by atoms with Gasteiger partial charge in [-0.05, 0) is 35.9 Å². The summed E-state index contributed by atoms with van der Waals surface area (Å²) in [6.45, 7) is 0. The van der Waals surface area contributed by atoms with Crippen molar-refractivity contribution in [1.82, 2.24) is 0 Å². The summed E-state index contributed by atoms with van der Waals surface area (Å²) in [5, 5.41) is 0.852. The maximum absolute atomic E-state index is 13.7. The zero-order valence-electron chi connectivity index (χ0n) is 11.0. The van der Waals surface area contributed by atoms with Crippen LogP contribution in [0.3, 0.4) is 0 Å². The lowest BCUT2D eigenvalue weighted by atomic mass is 10.2. The molecule has 6 heteroatoms. The quantitative estimate of drug-likeness (QED) is 0.759. The molecule has 0 saturated heterocycles. The van der Waals surface area contributed by atoms with Crippen molar-refractivity contribution >= 4 is 41.1 Å². The summed E-state index contributed by atoms with van der Waals surface area (Å²) in [7, 11) is 0. The Bertz CT molecular complexity index is 831. The first-order chi connectivity index (χ1) is 10.5. The summed E-state index contributed by atoms with van der Waals surface area (Å²) in [5.41, 5.74) is 0.681. The fraction of sp³-hybridized carbons (Fsp3) is 0. The van der Waals surface area contributed by atoms with Crippen LogP contribution >= 0.6 is 23.2 Å². The van der Waals surface area contributed by atoms with Crippen molar-refractivity contribution in [2.24, 2.45) is 4.99 Å². The van der Waals surface area contributed by atoms with E-state index in [1.165, 1.54) is 18.2 Å². The summed E-state index contributed by atoms with van der Waals surface area (Å²) in [6.07, 6.45) is 1.44. The minimum absolute atomic E-state index is 0.0255. The molecule has 0 N–H and O–H groups in total. The first-order valence-electron chi connectivity index (χ1n) is 6.27. The number of carbonyl (C=O) groups is 1. The second kappa shape index (κ2) is 5.91. The minimum atomic E-state index is -0.593. The number of nitrogens with zero attached hydrogens (tertiary/aromatic N) is 1. The van der Waals surface area contributed by atoms with E-state index in [0.29, 0.717) is 15.6 Å². The van der Waals surface area contributed by atoms with Gasteiger partial charge in [0, 0.05) is 10.0 Å². The van der Waals surface area contributed by atoms with Crippen molar-refractivity contribution < 1.29 is 13.9 Å². The van der Waals surface area contributed by atoms with Crippen molar-refractivity contribution in [2.75, 3.05) is 0 Å². The third kappa shape index (κ3) is 2.89. The monoisotopic (exact) mass is 335 g/mol. The van der Waals surface area contributed by atoms with Gasteiger partial charge in [-0.15, -0.1) is 0 Å². The average molecular weight is 336 g/mol. The van der Waals surface area contributed by atoms with Crippen LogP contribution in [0.1, 0.15) is 11.1 Å². The van der Waals surface area contributed by atoms with E-state index in [1.807, 2.05) is 0 Å². The van der Waals surface area contributed by atoms with E-state index in [4.69, 9.17) is 27.9 Å². The van der Waals surface area contributed by atoms with Crippen molar-refractivity contribution in [3.05, 3.63) is 75.2 Å². The highest BCUT2D eigenvalue weighted by atomic mass is 35.5. The fourth-order valence-electron chi connectivity index (χ4n) is 1.92. The number of amides is 1. The molecule has 0 spiro atoms. The van der Waals surface area contributed by atoms with E-state index in [1.54, 1.807) is 30.3 Å². The van der Waals surface area contributed by atoms with Crippen molar-refractivity contribution in [3.63, 3.8) is 0 Å². The van der Waals surface area contributed by atoms with E-state index >= 15 is 0 Å². The number of aliphatic imine (C=N–C) groups is 1. The molecule has 2 aromatic carbocycles. The van der Waals surface area contributed by atoms with E-state index in [0.717, 1.165) is 0 Å². The van der Waals surface area contributed by atoms with Gasteiger partial charge in [0.25, 0.3) is 0 Å². The lowest BCUT2D eigenvalue weighted by molar-refractivity contribution is -0.115. The zero-order chi connectivity index (χ0) is 15.7. The molecule has 110 valence electrons. The molecule has 22 heavy (non-hydrogen) atoms. The van der Waals surface area contributed by atoms with E-state index < -0.39 is 11.7 Å². The molecule has 0 fully saturated rings. The van der Waals surface area contributed by atoms with Gasteiger partial charge in [0.05, 0.1) is 5.56 Å². The minimum Gasteiger partial charge on any atom is -0.432 e. The van der Waals surface area contributed by atoms with Crippen LogP contribution in [0, 0.1) is 5.82 Å². The summed E-state index contributed by atoms with van der Waals surface area (Å²) in [6, 6.07) is 10.8. The SMILES string of the molecule is O=C1N=C(c2ccccc2F)O/C1=C/c1ccc(Cl)cc1Cl. The number of hydrogen-bond donors (Lipinski definition) is 0. The Morgan fingerprint density at radius 2 is 1.91 bits per heavy atom. The number of halogens is 3. The summed E-state index contributed by atoms with van der Waals surface area (Å²) < 4.78 is 19.1. The number of rotatable bonds is 2. The number of carbonyl (C=O) groups excluding carboxylic acids is 1. The standard InChI is InChI=1S/C16H8Cl2FNO2/c17-10-6-5-9(12(18)8-10)7-14-15(21)20-16(22-14)11-3-1-2-4-13(11)19/h1-8H/b14-7+. The largest absolute Gasteiger partial charge is 0.432 e. The number of ether oxygens (including phenoxy) is 1. The van der Waals surface area contributed by atoms with Crippen LogP contribution in [0.4, 0.5) is 4.39 Å². The van der Waals surface area contributed by atoms with Gasteiger partial charge < -0.3 is 4.74 Å². The normalized spacial score (nSPS) is 15.9. The van der Waals surface area contributed by atoms with Crippen LogP contribution in [0.15, 0.2) is 53.2 Å². The lowest BCUT2D eigenvalue weighted by Crippen LogP contribution is -2.03. The smallest absolute Gasteiger partial charge is 0.316 e. The highest BCUT2D eigenvalue weighted by Gasteiger charge is 2.25. The second-order valence-corrected chi connectivity index (χ2v) is 5.32. The third-order valence-corrected chi connectivity index (χ3v) is 3.54. The Hall–Kier alpha value is -2.17. The maximum Gasteiger partial charge on any atom is 0.316 e. The summed E-state index contributed by atoms with van der Waals surface area (Å²) in [4.78, 5) is 15.6. The summed E-state index contributed by atoms with van der Waals surface area (Å²) >= 11 is 11.9. The van der Waals surface area contributed by atoms with Crippen LogP contribution in [0.2, 0.25) is 10.0 Å². The topological polar surface area (TPSA) is 38.7 Å². The van der Waals surface area contributed by atoms with Gasteiger partial charge in [-0.2, -0.15) is 4.99 Å². The van der Waals surface area contributed by atoms with Crippen LogP contribution in [-0.4, -0.2) is 11.8 Å². The van der Waals surface area contributed by atoms with Gasteiger partial charge in [-0.25, -0.2) is 4.39 Å². The lowest BCUT2D eigenvalue weighted by Gasteiger charge is -2.03. The molecule has 3 nitrogen and oxygen atoms in total. The van der Waals surface area contributed by atoms with Gasteiger partial charge in [-0.3, -0.25) is 4.79 Å². The number of benzene rings is 2. The van der Waals surface area contributed by atoms with E-state index in [2.05, 4.69) is 4.99 Å². The Morgan fingerprint density at radius 1 is 1.14 bits per heavy atom. The van der Waals surface area contributed by atoms with Gasteiger partial charge in [-0.1, -0.05) is 41.4 Å². The van der Waals surface area contributed by atoms with Crippen molar-refractivity contribution in [2.45, 2.75) is 0 Å². The molecular weight excluding hydrogens is 328 g/mol. The molecule has 0 atom stereocenters. The molecule has 2 aromatic rings. The first-order valence-corrected chi connectivity index (χ1v) is 7.03. The van der Waals surface area contributed by atoms with Crippen LogP contribution < -0.4 is 0 Å². The van der Waals surface area contributed by atoms with E-state index in [9.17, 15) is 9.18 Å². The molecule has 0 saturated carbocycles. The molecule has 0 bridgehead atoms.